The Labute approximate surface area is 190 Å². The molecule has 0 saturated heterocycles. The maximum Gasteiger partial charge on any atom is 0.260 e. The number of aryl methyl sites for hydroxylation is 3. The molecule has 7 nitrogen and oxygen atoms in total. The van der Waals surface area contributed by atoms with Gasteiger partial charge in [-0.3, -0.25) is 4.79 Å². The highest BCUT2D eigenvalue weighted by molar-refractivity contribution is 7.98. The lowest BCUT2D eigenvalue weighted by Gasteiger charge is -2.12. The van der Waals surface area contributed by atoms with Gasteiger partial charge in [0.25, 0.3) is 5.91 Å². The number of amides is 1. The maximum atomic E-state index is 13.1. The second-order valence-electron chi connectivity index (χ2n) is 7.72. The fourth-order valence-electron chi connectivity index (χ4n) is 3.94. The number of fused-ring (bicyclic) bond motifs is 1. The molecule has 1 N–H and O–H groups in total. The van der Waals surface area contributed by atoms with Gasteiger partial charge in [0.15, 0.2) is 11.6 Å². The van der Waals surface area contributed by atoms with E-state index in [1.165, 1.54) is 24.6 Å². The van der Waals surface area contributed by atoms with Crippen molar-refractivity contribution in [3.8, 4) is 22.8 Å². The quantitative estimate of drug-likeness (QED) is 0.335. The highest BCUT2D eigenvalue weighted by atomic mass is 32.2. The number of benzene rings is 1. The topological polar surface area (TPSA) is 85.8 Å². The molecule has 0 bridgehead atoms. The molecule has 1 aromatic carbocycles. The number of aromatic nitrogens is 4. The first-order chi connectivity index (χ1) is 15.6. The normalized spacial score (nSPS) is 13.1. The van der Waals surface area contributed by atoms with Crippen LogP contribution in [0.4, 0.5) is 5.69 Å². The van der Waals surface area contributed by atoms with E-state index >= 15 is 0 Å². The maximum absolute atomic E-state index is 13.1. The van der Waals surface area contributed by atoms with Gasteiger partial charge in [0.2, 0.25) is 0 Å². The molecule has 0 radical (unpaired) electrons. The molecule has 4 aromatic rings. The summed E-state index contributed by atoms with van der Waals surface area (Å²) in [5.74, 6) is 1.97. The average Bonchev–Trinajstić information content (AvgIpc) is 3.49. The van der Waals surface area contributed by atoms with Crippen LogP contribution in [-0.4, -0.2) is 31.7 Å². The summed E-state index contributed by atoms with van der Waals surface area (Å²) in [5.41, 5.74) is 3.80. The van der Waals surface area contributed by atoms with E-state index in [4.69, 9.17) is 9.40 Å². The Balaban J connectivity index is 1.36. The van der Waals surface area contributed by atoms with Gasteiger partial charge in [-0.05, 0) is 50.3 Å². The number of carbonyl (C=O) groups is 1. The first kappa shape index (κ1) is 20.5. The summed E-state index contributed by atoms with van der Waals surface area (Å²) in [6.07, 6.45) is 9.03. The number of hydrogen-bond donors (Lipinski definition) is 1. The molecule has 0 atom stereocenters. The van der Waals surface area contributed by atoms with Crippen LogP contribution in [0.25, 0.3) is 22.8 Å². The lowest BCUT2D eigenvalue weighted by atomic mass is 10.1. The van der Waals surface area contributed by atoms with E-state index in [0.717, 1.165) is 30.0 Å². The molecule has 0 unspecified atom stereocenters. The van der Waals surface area contributed by atoms with Crippen LogP contribution < -0.4 is 5.32 Å². The van der Waals surface area contributed by atoms with Crippen LogP contribution >= 0.6 is 11.8 Å². The molecule has 0 spiro atoms. The fraction of sp³-hybridized carbons (Fsp3) is 0.250. The molecule has 3 aromatic heterocycles. The van der Waals surface area contributed by atoms with Crippen molar-refractivity contribution >= 4 is 23.4 Å². The smallest absolute Gasteiger partial charge is 0.260 e. The third-order valence-corrected chi connectivity index (χ3v) is 6.25. The predicted octanol–water partition coefficient (Wildman–Crippen LogP) is 5.22. The largest absolute Gasteiger partial charge is 0.461 e. The Morgan fingerprint density at radius 3 is 2.69 bits per heavy atom. The van der Waals surface area contributed by atoms with Crippen molar-refractivity contribution in [2.24, 2.45) is 0 Å². The molecule has 1 aliphatic rings. The van der Waals surface area contributed by atoms with Gasteiger partial charge in [0.05, 0.1) is 23.2 Å². The minimum Gasteiger partial charge on any atom is -0.461 e. The minimum absolute atomic E-state index is 0.233. The number of anilines is 1. The van der Waals surface area contributed by atoms with Crippen molar-refractivity contribution < 1.29 is 9.21 Å². The number of imidazole rings is 1. The van der Waals surface area contributed by atoms with Gasteiger partial charge in [0.1, 0.15) is 10.9 Å². The van der Waals surface area contributed by atoms with E-state index in [1.54, 1.807) is 18.4 Å². The summed E-state index contributed by atoms with van der Waals surface area (Å²) in [6, 6.07) is 11.4. The standard InChI is InChI=1S/C24H23N5O2S/c1-15-21(24(32-2)28-22(25-15)19-6-5-13-31-19)23(30)26-17-10-8-16(9-11-17)18-14-29-12-4-3-7-20(29)27-18/h5-6,8-11,13-14H,3-4,7,12H2,1-2H3,(H,26,30). The van der Waals surface area contributed by atoms with Gasteiger partial charge in [-0.15, -0.1) is 11.8 Å². The number of carbonyl (C=O) groups excluding carboxylic acids is 1. The van der Waals surface area contributed by atoms with Gasteiger partial charge in [-0.2, -0.15) is 0 Å². The molecule has 1 amide bonds. The summed E-state index contributed by atoms with van der Waals surface area (Å²) in [7, 11) is 0. The summed E-state index contributed by atoms with van der Waals surface area (Å²) < 4.78 is 7.65. The van der Waals surface area contributed by atoms with Crippen molar-refractivity contribution in [3.05, 3.63) is 65.9 Å². The monoisotopic (exact) mass is 445 g/mol. The Hall–Kier alpha value is -3.39. The van der Waals surface area contributed by atoms with Crippen molar-refractivity contribution in [2.75, 3.05) is 11.6 Å². The molecule has 5 rings (SSSR count). The SMILES string of the molecule is CSc1nc(-c2ccco2)nc(C)c1C(=O)Nc1ccc(-c2cn3c(n2)CCCC3)cc1. The van der Waals surface area contributed by atoms with Crippen LogP contribution in [0.2, 0.25) is 0 Å². The second-order valence-corrected chi connectivity index (χ2v) is 8.51. The van der Waals surface area contributed by atoms with E-state index < -0.39 is 0 Å². The van der Waals surface area contributed by atoms with E-state index in [0.29, 0.717) is 33.6 Å². The highest BCUT2D eigenvalue weighted by Crippen LogP contribution is 2.27. The van der Waals surface area contributed by atoms with Crippen LogP contribution in [-0.2, 0) is 13.0 Å². The number of nitrogens with zero attached hydrogens (tertiary/aromatic N) is 4. The van der Waals surface area contributed by atoms with Crippen LogP contribution in [0.3, 0.4) is 0 Å². The summed E-state index contributed by atoms with van der Waals surface area (Å²) in [4.78, 5) is 26.8. The molecular formula is C24H23N5O2S. The first-order valence-electron chi connectivity index (χ1n) is 10.6. The summed E-state index contributed by atoms with van der Waals surface area (Å²) >= 11 is 1.41. The molecule has 0 fully saturated rings. The Bertz CT molecular complexity index is 1240. The van der Waals surface area contributed by atoms with Crippen LogP contribution in [0.5, 0.6) is 0 Å². The zero-order chi connectivity index (χ0) is 22.1. The van der Waals surface area contributed by atoms with Crippen molar-refractivity contribution in [3.63, 3.8) is 0 Å². The fourth-order valence-corrected chi connectivity index (χ4v) is 4.56. The Kier molecular flexibility index (Phi) is 5.53. The van der Waals surface area contributed by atoms with Crippen molar-refractivity contribution in [1.82, 2.24) is 19.5 Å². The average molecular weight is 446 g/mol. The zero-order valence-electron chi connectivity index (χ0n) is 18.0. The zero-order valence-corrected chi connectivity index (χ0v) is 18.8. The molecule has 1 aliphatic heterocycles. The molecule has 0 saturated carbocycles. The number of hydrogen-bond acceptors (Lipinski definition) is 6. The summed E-state index contributed by atoms with van der Waals surface area (Å²) in [6.45, 7) is 2.85. The molecule has 8 heteroatoms. The highest BCUT2D eigenvalue weighted by Gasteiger charge is 2.20. The van der Waals surface area contributed by atoms with E-state index in [2.05, 4.69) is 26.0 Å². The number of rotatable bonds is 5. The first-order valence-corrected chi connectivity index (χ1v) is 11.8. The molecule has 162 valence electrons. The van der Waals surface area contributed by atoms with Crippen LogP contribution in [0.15, 0.2) is 58.3 Å². The van der Waals surface area contributed by atoms with E-state index in [1.807, 2.05) is 37.4 Å². The predicted molar refractivity (Wildman–Crippen MR) is 125 cm³/mol. The number of thioether (sulfide) groups is 1. The Morgan fingerprint density at radius 1 is 1.12 bits per heavy atom. The second kappa shape index (κ2) is 8.63. The van der Waals surface area contributed by atoms with Gasteiger partial charge in [-0.1, -0.05) is 12.1 Å². The van der Waals surface area contributed by atoms with Gasteiger partial charge in [0, 0.05) is 30.4 Å². The van der Waals surface area contributed by atoms with Gasteiger partial charge >= 0.3 is 0 Å². The lowest BCUT2D eigenvalue weighted by Crippen LogP contribution is -2.16. The number of nitrogens with one attached hydrogen (secondary N) is 1. The Morgan fingerprint density at radius 2 is 1.97 bits per heavy atom. The summed E-state index contributed by atoms with van der Waals surface area (Å²) in [5, 5.41) is 3.59. The van der Waals surface area contributed by atoms with E-state index in [-0.39, 0.29) is 5.91 Å². The molecule has 4 heterocycles. The number of furan rings is 1. The molecule has 32 heavy (non-hydrogen) atoms. The van der Waals surface area contributed by atoms with Crippen molar-refractivity contribution in [2.45, 2.75) is 37.8 Å². The minimum atomic E-state index is -0.233. The molecule has 0 aliphatic carbocycles. The molecular weight excluding hydrogens is 422 g/mol. The van der Waals surface area contributed by atoms with Crippen molar-refractivity contribution in [1.29, 1.82) is 0 Å². The lowest BCUT2D eigenvalue weighted by molar-refractivity contribution is 0.102. The van der Waals surface area contributed by atoms with Gasteiger partial charge < -0.3 is 14.3 Å². The van der Waals surface area contributed by atoms with Gasteiger partial charge in [-0.25, -0.2) is 15.0 Å². The van der Waals surface area contributed by atoms with Crippen LogP contribution in [0, 0.1) is 6.92 Å². The third kappa shape index (κ3) is 3.93. The van der Waals surface area contributed by atoms with E-state index in [9.17, 15) is 4.79 Å². The van der Waals surface area contributed by atoms with Crippen LogP contribution in [0.1, 0.15) is 34.7 Å². The third-order valence-electron chi connectivity index (χ3n) is 5.57.